The first-order chi connectivity index (χ1) is 15.6. The van der Waals surface area contributed by atoms with Crippen LogP contribution in [0.4, 0.5) is 5.69 Å². The van der Waals surface area contributed by atoms with Crippen LogP contribution in [0.2, 0.25) is 0 Å². The van der Waals surface area contributed by atoms with Crippen LogP contribution in [0.1, 0.15) is 37.6 Å². The van der Waals surface area contributed by atoms with Gasteiger partial charge < -0.3 is 9.30 Å². The zero-order valence-electron chi connectivity index (χ0n) is 18.7. The van der Waals surface area contributed by atoms with Gasteiger partial charge in [-0.1, -0.05) is 48.5 Å². The van der Waals surface area contributed by atoms with Gasteiger partial charge in [0.05, 0.1) is 13.2 Å². The summed E-state index contributed by atoms with van der Waals surface area (Å²) in [5.74, 6) is 0.743. The third kappa shape index (κ3) is 5.92. The summed E-state index contributed by atoms with van der Waals surface area (Å²) >= 11 is 0. The van der Waals surface area contributed by atoms with Gasteiger partial charge in [-0.2, -0.15) is 0 Å². The molecular formula is C26H30N3O3. The molecule has 3 aromatic rings. The maximum absolute atomic E-state index is 12.7. The van der Waals surface area contributed by atoms with Gasteiger partial charge in [0, 0.05) is 31.5 Å². The van der Waals surface area contributed by atoms with E-state index >= 15 is 0 Å². The van der Waals surface area contributed by atoms with E-state index in [1.54, 1.807) is 6.20 Å². The standard InChI is InChI=1S/C26H30N3O3/c1-22-27-16-18-28(22)17-10-9-15-26(20-30,21-32-19-24-11-5-3-6-12-24)29(23(2)31)25-13-7-4-8-14-25/h3-8,11-14,16,18H,9-10,15,17,19,21H2,1-2H3/t26-/m1/s1. The number of nitrogens with zero attached hydrogens (tertiary/aromatic N) is 3. The summed E-state index contributed by atoms with van der Waals surface area (Å²) in [6, 6.07) is 19.0. The van der Waals surface area contributed by atoms with Crippen LogP contribution in [0, 0.1) is 6.92 Å². The van der Waals surface area contributed by atoms with E-state index in [-0.39, 0.29) is 12.5 Å². The summed E-state index contributed by atoms with van der Waals surface area (Å²) in [6.07, 6.45) is 7.96. The molecule has 0 aliphatic carbocycles. The van der Waals surface area contributed by atoms with Crippen molar-refractivity contribution in [1.82, 2.24) is 9.55 Å². The number of rotatable bonds is 12. The van der Waals surface area contributed by atoms with Crippen LogP contribution < -0.4 is 4.90 Å². The van der Waals surface area contributed by atoms with Crippen molar-refractivity contribution in [3.05, 3.63) is 84.4 Å². The minimum Gasteiger partial charge on any atom is -0.374 e. The third-order valence-corrected chi connectivity index (χ3v) is 5.56. The van der Waals surface area contributed by atoms with Crippen molar-refractivity contribution in [2.75, 3.05) is 11.5 Å². The Bertz CT molecular complexity index is 988. The van der Waals surface area contributed by atoms with E-state index in [1.165, 1.54) is 11.8 Å². The van der Waals surface area contributed by atoms with Crippen LogP contribution in [0.3, 0.4) is 0 Å². The minimum atomic E-state index is -1.20. The molecule has 167 valence electrons. The van der Waals surface area contributed by atoms with Crippen LogP contribution in [0.25, 0.3) is 0 Å². The lowest BCUT2D eigenvalue weighted by atomic mass is 9.91. The summed E-state index contributed by atoms with van der Waals surface area (Å²) in [5.41, 5.74) is 0.473. The molecule has 0 saturated carbocycles. The number of para-hydroxylation sites is 1. The molecule has 0 aliphatic heterocycles. The van der Waals surface area contributed by atoms with E-state index in [1.807, 2.05) is 73.8 Å². The molecule has 1 atom stereocenters. The second kappa shape index (κ2) is 11.4. The average molecular weight is 433 g/mol. The number of unbranched alkanes of at least 4 members (excludes halogenated alkanes) is 1. The Morgan fingerprint density at radius 2 is 1.78 bits per heavy atom. The molecule has 0 N–H and O–H groups in total. The predicted molar refractivity (Wildman–Crippen MR) is 125 cm³/mol. The molecule has 6 heteroatoms. The van der Waals surface area contributed by atoms with Crippen molar-refractivity contribution in [2.45, 2.75) is 51.8 Å². The quantitative estimate of drug-likeness (QED) is 0.396. The molecular weight excluding hydrogens is 402 g/mol. The molecule has 0 unspecified atom stereocenters. The summed E-state index contributed by atoms with van der Waals surface area (Å²) in [4.78, 5) is 31.0. The molecule has 1 aromatic heterocycles. The fourth-order valence-corrected chi connectivity index (χ4v) is 3.93. The van der Waals surface area contributed by atoms with E-state index < -0.39 is 5.54 Å². The van der Waals surface area contributed by atoms with Gasteiger partial charge in [0.25, 0.3) is 0 Å². The Labute approximate surface area is 189 Å². The predicted octanol–water partition coefficient (Wildman–Crippen LogP) is 4.48. The van der Waals surface area contributed by atoms with Crippen LogP contribution >= 0.6 is 0 Å². The highest BCUT2D eigenvalue weighted by Gasteiger charge is 2.40. The molecule has 6 nitrogen and oxygen atoms in total. The number of anilines is 1. The van der Waals surface area contributed by atoms with E-state index in [0.717, 1.165) is 30.8 Å². The third-order valence-electron chi connectivity index (χ3n) is 5.56. The van der Waals surface area contributed by atoms with Crippen molar-refractivity contribution in [3.8, 4) is 0 Å². The molecule has 1 radical (unpaired) electrons. The van der Waals surface area contributed by atoms with Crippen molar-refractivity contribution >= 4 is 17.9 Å². The Kier molecular flexibility index (Phi) is 8.34. The van der Waals surface area contributed by atoms with Gasteiger partial charge in [-0.25, -0.2) is 4.98 Å². The van der Waals surface area contributed by atoms with Crippen molar-refractivity contribution in [1.29, 1.82) is 0 Å². The molecule has 32 heavy (non-hydrogen) atoms. The molecule has 0 spiro atoms. The molecule has 0 bridgehead atoms. The van der Waals surface area contributed by atoms with Gasteiger partial charge in [-0.3, -0.25) is 14.5 Å². The summed E-state index contributed by atoms with van der Waals surface area (Å²) in [5, 5.41) is 0. The average Bonchev–Trinajstić information content (AvgIpc) is 3.22. The number of aromatic nitrogens is 2. The van der Waals surface area contributed by atoms with Crippen LogP contribution in [-0.2, 0) is 27.5 Å². The van der Waals surface area contributed by atoms with Crippen LogP contribution in [0.15, 0.2) is 73.1 Å². The van der Waals surface area contributed by atoms with Crippen LogP contribution in [-0.4, -0.2) is 33.9 Å². The minimum absolute atomic E-state index is 0.0734. The second-order valence-electron chi connectivity index (χ2n) is 7.93. The lowest BCUT2D eigenvalue weighted by Crippen LogP contribution is -2.56. The molecule has 0 saturated heterocycles. The van der Waals surface area contributed by atoms with E-state index in [0.29, 0.717) is 18.7 Å². The van der Waals surface area contributed by atoms with Crippen molar-refractivity contribution in [3.63, 3.8) is 0 Å². The fraction of sp³-hybridized carbons (Fsp3) is 0.346. The highest BCUT2D eigenvalue weighted by atomic mass is 16.5. The molecule has 0 aliphatic rings. The number of carbonyl (C=O) groups excluding carboxylic acids is 2. The van der Waals surface area contributed by atoms with E-state index in [9.17, 15) is 9.59 Å². The normalized spacial score (nSPS) is 12.8. The number of carbonyl (C=O) groups is 1. The van der Waals surface area contributed by atoms with Crippen molar-refractivity contribution < 1.29 is 14.3 Å². The first-order valence-corrected chi connectivity index (χ1v) is 10.9. The molecule has 3 rings (SSSR count). The van der Waals surface area contributed by atoms with Crippen molar-refractivity contribution in [2.24, 2.45) is 0 Å². The molecule has 2 aromatic carbocycles. The van der Waals surface area contributed by atoms with Gasteiger partial charge in [0.2, 0.25) is 12.2 Å². The molecule has 1 amide bonds. The maximum atomic E-state index is 12.7. The number of imidazole rings is 1. The highest BCUT2D eigenvalue weighted by Crippen LogP contribution is 2.29. The van der Waals surface area contributed by atoms with Gasteiger partial charge in [-0.05, 0) is 43.9 Å². The monoisotopic (exact) mass is 432 g/mol. The Balaban J connectivity index is 1.77. The maximum Gasteiger partial charge on any atom is 0.229 e. The smallest absolute Gasteiger partial charge is 0.229 e. The summed E-state index contributed by atoms with van der Waals surface area (Å²) in [6.45, 7) is 4.68. The van der Waals surface area contributed by atoms with E-state index in [4.69, 9.17) is 4.74 Å². The second-order valence-corrected chi connectivity index (χ2v) is 7.93. The largest absolute Gasteiger partial charge is 0.374 e. The van der Waals surface area contributed by atoms with Crippen LogP contribution in [0.5, 0.6) is 0 Å². The van der Waals surface area contributed by atoms with Gasteiger partial charge in [0.1, 0.15) is 11.4 Å². The van der Waals surface area contributed by atoms with Gasteiger partial charge in [-0.15, -0.1) is 0 Å². The first kappa shape index (κ1) is 23.4. The zero-order valence-corrected chi connectivity index (χ0v) is 18.7. The number of ether oxygens (including phenoxy) is 1. The lowest BCUT2D eigenvalue weighted by Gasteiger charge is -2.39. The van der Waals surface area contributed by atoms with Gasteiger partial charge >= 0.3 is 0 Å². The SMILES string of the molecule is CC(=O)N(c1ccccc1)[C@@]([C]=O)(CCCCn1ccnc1C)COCc1ccccc1. The fourth-order valence-electron chi connectivity index (χ4n) is 3.93. The number of hydrogen-bond donors (Lipinski definition) is 0. The highest BCUT2D eigenvalue weighted by molar-refractivity contribution is 5.97. The zero-order chi connectivity index (χ0) is 22.8. The Morgan fingerprint density at radius 3 is 2.38 bits per heavy atom. The number of benzene rings is 2. The first-order valence-electron chi connectivity index (χ1n) is 10.9. The lowest BCUT2D eigenvalue weighted by molar-refractivity contribution is -0.118. The Hall–Kier alpha value is -3.25. The topological polar surface area (TPSA) is 64.4 Å². The number of aryl methyl sites for hydroxylation is 2. The number of amides is 1. The number of hydrogen-bond acceptors (Lipinski definition) is 4. The molecule has 0 fully saturated rings. The summed E-state index contributed by atoms with van der Waals surface area (Å²) < 4.78 is 8.06. The summed E-state index contributed by atoms with van der Waals surface area (Å²) in [7, 11) is 0. The Morgan fingerprint density at radius 1 is 1.09 bits per heavy atom. The van der Waals surface area contributed by atoms with E-state index in [2.05, 4.69) is 15.8 Å². The molecule has 1 heterocycles. The van der Waals surface area contributed by atoms with Gasteiger partial charge in [0.15, 0.2) is 0 Å².